The van der Waals surface area contributed by atoms with E-state index in [0.717, 1.165) is 15.1 Å². The van der Waals surface area contributed by atoms with Gasteiger partial charge in [0.2, 0.25) is 0 Å². The lowest BCUT2D eigenvalue weighted by Crippen LogP contribution is -2.26. The van der Waals surface area contributed by atoms with Gasteiger partial charge in [-0.05, 0) is 45.1 Å². The minimum Gasteiger partial charge on any atom is -0.496 e. The van der Waals surface area contributed by atoms with Gasteiger partial charge in [-0.1, -0.05) is 13.8 Å². The Kier molecular flexibility index (Phi) is 4.88. The minimum atomic E-state index is -0.00377. The number of thiophene rings is 1. The molecule has 3 rings (SSSR count). The number of hydrogen-bond donors (Lipinski definition) is 0. The summed E-state index contributed by atoms with van der Waals surface area (Å²) >= 11 is 5.19. The third kappa shape index (κ3) is 3.05. The molecular weight excluding hydrogens is 390 g/mol. The lowest BCUT2D eigenvalue weighted by molar-refractivity contribution is 0.0748. The van der Waals surface area contributed by atoms with Crippen LogP contribution in [-0.2, 0) is 13.1 Å². The van der Waals surface area contributed by atoms with Crippen LogP contribution in [0.2, 0.25) is 0 Å². The first-order chi connectivity index (χ1) is 11.4. The van der Waals surface area contributed by atoms with Gasteiger partial charge < -0.3 is 14.4 Å². The van der Waals surface area contributed by atoms with Crippen LogP contribution in [-0.4, -0.2) is 25.0 Å². The predicted octanol–water partition coefficient (Wildman–Crippen LogP) is 4.81. The SMILES string of the molecule is COc1cc(OC)c(C(C)C)cc1C(=O)N1Cc2cc(Br)sc2C1. The molecule has 24 heavy (non-hydrogen) atoms. The monoisotopic (exact) mass is 409 g/mol. The molecule has 0 radical (unpaired) electrons. The van der Waals surface area contributed by atoms with Gasteiger partial charge >= 0.3 is 0 Å². The first-order valence-corrected chi connectivity index (χ1v) is 9.37. The van der Waals surface area contributed by atoms with Gasteiger partial charge in [-0.3, -0.25) is 4.79 Å². The first kappa shape index (κ1) is 17.3. The van der Waals surface area contributed by atoms with Gasteiger partial charge in [0, 0.05) is 17.5 Å². The smallest absolute Gasteiger partial charge is 0.258 e. The Hall–Kier alpha value is -1.53. The zero-order valence-corrected chi connectivity index (χ0v) is 16.6. The Bertz CT molecular complexity index is 761. The third-order valence-electron chi connectivity index (χ3n) is 4.25. The van der Waals surface area contributed by atoms with Gasteiger partial charge in [-0.15, -0.1) is 11.3 Å². The fraction of sp³-hybridized carbons (Fsp3) is 0.389. The van der Waals surface area contributed by atoms with E-state index in [4.69, 9.17) is 9.47 Å². The highest BCUT2D eigenvalue weighted by Crippen LogP contribution is 2.37. The number of carbonyl (C=O) groups excluding carboxylic acids is 1. The zero-order valence-electron chi connectivity index (χ0n) is 14.2. The summed E-state index contributed by atoms with van der Waals surface area (Å²) in [5.41, 5.74) is 2.83. The number of ether oxygens (including phenoxy) is 2. The van der Waals surface area contributed by atoms with E-state index >= 15 is 0 Å². The van der Waals surface area contributed by atoms with E-state index < -0.39 is 0 Å². The number of nitrogens with zero attached hydrogens (tertiary/aromatic N) is 1. The van der Waals surface area contributed by atoms with Crippen LogP contribution in [0.1, 0.15) is 46.1 Å². The highest BCUT2D eigenvalue weighted by Gasteiger charge is 2.29. The Balaban J connectivity index is 1.94. The normalized spacial score (nSPS) is 13.3. The van der Waals surface area contributed by atoms with Crippen molar-refractivity contribution in [1.29, 1.82) is 0 Å². The number of carbonyl (C=O) groups is 1. The van der Waals surface area contributed by atoms with Gasteiger partial charge in [-0.2, -0.15) is 0 Å². The summed E-state index contributed by atoms with van der Waals surface area (Å²) in [7, 11) is 3.22. The van der Waals surface area contributed by atoms with Crippen molar-refractivity contribution in [3.8, 4) is 11.5 Å². The number of methoxy groups -OCH3 is 2. The molecule has 0 fully saturated rings. The molecule has 2 aromatic rings. The molecule has 0 aliphatic carbocycles. The molecule has 1 aliphatic heterocycles. The Morgan fingerprint density at radius 1 is 1.17 bits per heavy atom. The number of amides is 1. The van der Waals surface area contributed by atoms with Crippen molar-refractivity contribution in [3.05, 3.63) is 43.6 Å². The van der Waals surface area contributed by atoms with Crippen LogP contribution >= 0.6 is 27.3 Å². The zero-order chi connectivity index (χ0) is 17.4. The average molecular weight is 410 g/mol. The van der Waals surface area contributed by atoms with E-state index in [9.17, 15) is 4.79 Å². The molecular formula is C18H20BrNO3S. The summed E-state index contributed by atoms with van der Waals surface area (Å²) in [6, 6.07) is 5.82. The summed E-state index contributed by atoms with van der Waals surface area (Å²) in [5.74, 6) is 1.56. The number of halogens is 1. The topological polar surface area (TPSA) is 38.8 Å². The third-order valence-corrected chi connectivity index (χ3v) is 5.92. The molecule has 0 unspecified atom stereocenters. The van der Waals surface area contributed by atoms with E-state index in [2.05, 4.69) is 35.8 Å². The van der Waals surface area contributed by atoms with Crippen molar-refractivity contribution in [2.75, 3.05) is 14.2 Å². The fourth-order valence-corrected chi connectivity index (χ4v) is 4.76. The summed E-state index contributed by atoms with van der Waals surface area (Å²) in [6.07, 6.45) is 0. The lowest BCUT2D eigenvalue weighted by atomic mass is 9.98. The average Bonchev–Trinajstić information content (AvgIpc) is 3.09. The van der Waals surface area contributed by atoms with Crippen LogP contribution in [0.5, 0.6) is 11.5 Å². The van der Waals surface area contributed by atoms with Gasteiger partial charge in [0.15, 0.2) is 0 Å². The second-order valence-electron chi connectivity index (χ2n) is 6.11. The van der Waals surface area contributed by atoms with Gasteiger partial charge in [-0.25, -0.2) is 0 Å². The van der Waals surface area contributed by atoms with E-state index in [-0.39, 0.29) is 11.8 Å². The van der Waals surface area contributed by atoms with Crippen LogP contribution in [0.3, 0.4) is 0 Å². The summed E-state index contributed by atoms with van der Waals surface area (Å²) < 4.78 is 12.0. The number of rotatable bonds is 4. The van der Waals surface area contributed by atoms with Crippen molar-refractivity contribution in [2.24, 2.45) is 0 Å². The molecule has 1 aromatic heterocycles. The molecule has 1 aliphatic rings. The quantitative estimate of drug-likeness (QED) is 0.727. The van der Waals surface area contributed by atoms with Crippen LogP contribution in [0.25, 0.3) is 0 Å². The summed E-state index contributed by atoms with van der Waals surface area (Å²) in [4.78, 5) is 16.2. The van der Waals surface area contributed by atoms with Crippen molar-refractivity contribution in [3.63, 3.8) is 0 Å². The van der Waals surface area contributed by atoms with Crippen molar-refractivity contribution >= 4 is 33.2 Å². The van der Waals surface area contributed by atoms with Crippen molar-refractivity contribution in [2.45, 2.75) is 32.9 Å². The molecule has 1 amide bonds. The second-order valence-corrected chi connectivity index (χ2v) is 8.63. The largest absolute Gasteiger partial charge is 0.496 e. The Morgan fingerprint density at radius 2 is 1.88 bits per heavy atom. The van der Waals surface area contributed by atoms with E-state index in [0.29, 0.717) is 24.4 Å². The predicted molar refractivity (Wildman–Crippen MR) is 99.2 cm³/mol. The maximum atomic E-state index is 13.1. The summed E-state index contributed by atoms with van der Waals surface area (Å²) in [5, 5.41) is 0. The minimum absolute atomic E-state index is 0.00377. The van der Waals surface area contributed by atoms with Gasteiger partial charge in [0.1, 0.15) is 11.5 Å². The summed E-state index contributed by atoms with van der Waals surface area (Å²) in [6.45, 7) is 5.46. The lowest BCUT2D eigenvalue weighted by Gasteiger charge is -2.20. The second kappa shape index (κ2) is 6.76. The van der Waals surface area contributed by atoms with Gasteiger partial charge in [0.25, 0.3) is 5.91 Å². The standard InChI is InChI=1S/C18H20BrNO3S/c1-10(2)12-6-13(15(23-4)7-14(12)22-3)18(21)20-8-11-5-17(19)24-16(11)9-20/h5-7,10H,8-9H2,1-4H3. The van der Waals surface area contributed by atoms with Crippen LogP contribution in [0.15, 0.2) is 22.0 Å². The first-order valence-electron chi connectivity index (χ1n) is 7.76. The molecule has 1 aromatic carbocycles. The van der Waals surface area contributed by atoms with Crippen LogP contribution in [0, 0.1) is 0 Å². The molecule has 6 heteroatoms. The molecule has 0 saturated carbocycles. The van der Waals surface area contributed by atoms with Crippen LogP contribution < -0.4 is 9.47 Å². The van der Waals surface area contributed by atoms with Crippen molar-refractivity contribution in [1.82, 2.24) is 4.90 Å². The van der Waals surface area contributed by atoms with Crippen LogP contribution in [0.4, 0.5) is 0 Å². The van der Waals surface area contributed by atoms with E-state index in [1.807, 2.05) is 17.0 Å². The Morgan fingerprint density at radius 3 is 2.46 bits per heavy atom. The molecule has 0 atom stereocenters. The number of fused-ring (bicyclic) bond motifs is 1. The maximum Gasteiger partial charge on any atom is 0.258 e. The Labute approximate surface area is 154 Å². The van der Waals surface area contributed by atoms with E-state index in [1.54, 1.807) is 25.6 Å². The molecule has 4 nitrogen and oxygen atoms in total. The molecule has 0 bridgehead atoms. The maximum absolute atomic E-state index is 13.1. The van der Waals surface area contributed by atoms with Gasteiger partial charge in [0.05, 0.1) is 30.1 Å². The molecule has 0 N–H and O–H groups in total. The molecule has 0 spiro atoms. The highest BCUT2D eigenvalue weighted by molar-refractivity contribution is 9.11. The molecule has 128 valence electrons. The molecule has 0 saturated heterocycles. The fourth-order valence-electron chi connectivity index (χ4n) is 2.99. The number of benzene rings is 1. The van der Waals surface area contributed by atoms with E-state index in [1.165, 1.54) is 10.4 Å². The number of hydrogen-bond acceptors (Lipinski definition) is 4. The molecule has 2 heterocycles. The van der Waals surface area contributed by atoms with Crippen molar-refractivity contribution < 1.29 is 14.3 Å². The highest BCUT2D eigenvalue weighted by atomic mass is 79.9.